The number of amides is 6. The van der Waals surface area contributed by atoms with Gasteiger partial charge in [0.1, 0.15) is 17.9 Å². The molecule has 4 aliphatic carbocycles. The Kier molecular flexibility index (Phi) is 22.1. The maximum Gasteiger partial charge on any atom is 0.245 e. The Bertz CT molecular complexity index is 2420. The lowest BCUT2D eigenvalue weighted by molar-refractivity contribution is -0.148. The molecule has 12 rings (SSSR count). The van der Waals surface area contributed by atoms with Crippen molar-refractivity contribution in [3.05, 3.63) is 70.5 Å². The lowest BCUT2D eigenvalue weighted by atomic mass is 9.63. The molecule has 4 bridgehead atoms. The number of nitrogens with one attached hydrogen (secondary N) is 4. The normalized spacial score (nSPS) is 27.0. The molecule has 6 heterocycles. The van der Waals surface area contributed by atoms with E-state index in [1.165, 1.54) is 44.2 Å². The molecular weight excluding hydrogens is 1090 g/mol. The number of fused-ring (bicyclic) bond motifs is 6. The molecule has 10 fully saturated rings. The van der Waals surface area contributed by atoms with E-state index in [-0.39, 0.29) is 83.7 Å². The quantitative estimate of drug-likeness (QED) is 0.145. The van der Waals surface area contributed by atoms with Gasteiger partial charge in [-0.3, -0.25) is 28.8 Å². The first-order valence-electron chi connectivity index (χ1n) is 32.6. The molecule has 0 unspecified atom stereocenters. The van der Waals surface area contributed by atoms with Gasteiger partial charge in [-0.05, 0) is 205 Å². The first-order valence-corrected chi connectivity index (χ1v) is 33.0. The minimum atomic E-state index is -0.723. The monoisotopic (exact) mass is 1200 g/mol. The molecule has 6 saturated heterocycles. The highest BCUT2D eigenvalue weighted by Gasteiger charge is 2.52. The van der Waals surface area contributed by atoms with E-state index < -0.39 is 22.9 Å². The van der Waals surface area contributed by atoms with Gasteiger partial charge in [0.05, 0.1) is 22.7 Å². The van der Waals surface area contributed by atoms with Gasteiger partial charge in [-0.15, -0.1) is 0 Å². The molecule has 2 aromatic carbocycles. The van der Waals surface area contributed by atoms with Gasteiger partial charge < -0.3 is 40.9 Å². The third-order valence-corrected chi connectivity index (χ3v) is 21.5. The summed E-state index contributed by atoms with van der Waals surface area (Å²) in [5, 5.41) is 13.6. The third kappa shape index (κ3) is 16.2. The van der Waals surface area contributed by atoms with Crippen LogP contribution < -0.4 is 21.3 Å². The van der Waals surface area contributed by atoms with Crippen LogP contribution in [0.4, 0.5) is 4.39 Å². The predicted molar refractivity (Wildman–Crippen MR) is 336 cm³/mol. The van der Waals surface area contributed by atoms with Crippen molar-refractivity contribution in [1.29, 1.82) is 0 Å². The number of carbonyl (C=O) groups excluding carboxylic acids is 6. The van der Waals surface area contributed by atoms with Crippen LogP contribution in [0.3, 0.4) is 0 Å². The van der Waals surface area contributed by atoms with Gasteiger partial charge in [0, 0.05) is 80.3 Å². The molecule has 10 aliphatic rings. The molecule has 0 aromatic heterocycles. The summed E-state index contributed by atoms with van der Waals surface area (Å²) < 4.78 is 13.7. The van der Waals surface area contributed by atoms with Gasteiger partial charge in [-0.2, -0.15) is 0 Å². The Morgan fingerprint density at radius 2 is 0.894 bits per heavy atom. The van der Waals surface area contributed by atoms with Crippen LogP contribution in [0.25, 0.3) is 0 Å². The van der Waals surface area contributed by atoms with Crippen molar-refractivity contribution in [2.24, 2.45) is 46.3 Å². The van der Waals surface area contributed by atoms with Crippen molar-refractivity contribution < 1.29 is 33.2 Å². The molecular formula is C69H106ClFN8O6. The minimum Gasteiger partial charge on any atom is -0.351 e. The standard InChI is InChI=1S/C34H51ClN4O3.C34H51FN4O3.CH4/c2*1-33(2,3)37-32(42)34(25-8-6-5-7-9-25)16-18-39(19-17-34)31(41)28(21-23-10-13-26(35)14-11-23)36-30(40)27-20-24-12-15-29(27)38(4)22-24;/h2*10-11,13-14,24-25,27-29H,5-9,12,15-22H2,1-4H3,(H,36,40)(H,37,42);1H4/t24-,27+,28+,29+;24-,27+,28-,29+;/m01./s1. The van der Waals surface area contributed by atoms with Crippen molar-refractivity contribution in [1.82, 2.24) is 40.9 Å². The van der Waals surface area contributed by atoms with E-state index in [2.05, 4.69) is 45.2 Å². The fraction of sp³-hybridized carbons (Fsp3) is 0.739. The van der Waals surface area contributed by atoms with Crippen LogP contribution in [0.15, 0.2) is 48.5 Å². The molecule has 6 aliphatic heterocycles. The van der Waals surface area contributed by atoms with Gasteiger partial charge in [0.25, 0.3) is 0 Å². The van der Waals surface area contributed by atoms with Gasteiger partial charge >= 0.3 is 0 Å². The molecule has 4 saturated carbocycles. The number of hydrogen-bond acceptors (Lipinski definition) is 8. The number of halogens is 2. The SMILES string of the molecule is C.CN1C[C@@H]2CC[C@H]1[C@@H](C(=O)N[C@H](Cc1ccc(F)cc1)C(=O)N1CCC(C(=O)NC(C)(C)C)(C3CCCCC3)CC1)C2.CN1C[C@H]2CC[C@@H]1[C@H](C(=O)N[C@H](Cc1ccc(Cl)cc1)C(=O)N1CCC(C(=O)NC(C)(C)C)(C3CCCCC3)CC1)C2. The summed E-state index contributed by atoms with van der Waals surface area (Å²) in [7, 11) is 4.22. The zero-order valence-electron chi connectivity index (χ0n) is 52.2. The Labute approximate surface area is 514 Å². The molecule has 6 amide bonds. The van der Waals surface area contributed by atoms with Crippen molar-refractivity contribution in [3.63, 3.8) is 0 Å². The maximum absolute atomic E-state index is 14.2. The van der Waals surface area contributed by atoms with Gasteiger partial charge in [0.15, 0.2) is 0 Å². The number of likely N-dealkylation sites (tertiary alicyclic amines) is 2. The summed E-state index contributed by atoms with van der Waals surface area (Å²) in [6, 6.07) is 12.8. The molecule has 472 valence electrons. The highest BCUT2D eigenvalue weighted by molar-refractivity contribution is 6.30. The van der Waals surface area contributed by atoms with E-state index in [1.54, 1.807) is 12.1 Å². The van der Waals surface area contributed by atoms with E-state index in [9.17, 15) is 33.2 Å². The largest absolute Gasteiger partial charge is 0.351 e. The summed E-state index contributed by atoms with van der Waals surface area (Å²) in [5.74, 6) is 1.33. The van der Waals surface area contributed by atoms with Crippen LogP contribution in [0.1, 0.15) is 189 Å². The summed E-state index contributed by atoms with van der Waals surface area (Å²) in [5.41, 5.74) is 0.265. The van der Waals surface area contributed by atoms with Crippen LogP contribution in [0.2, 0.25) is 5.02 Å². The molecule has 2 aromatic rings. The Morgan fingerprint density at radius 1 is 0.541 bits per heavy atom. The van der Waals surface area contributed by atoms with Crippen molar-refractivity contribution in [2.45, 2.75) is 225 Å². The summed E-state index contributed by atoms with van der Waals surface area (Å²) in [6.45, 7) is 16.4. The van der Waals surface area contributed by atoms with Crippen LogP contribution in [0.5, 0.6) is 0 Å². The van der Waals surface area contributed by atoms with Crippen molar-refractivity contribution >= 4 is 47.0 Å². The van der Waals surface area contributed by atoms with Crippen molar-refractivity contribution in [2.75, 3.05) is 53.4 Å². The molecule has 16 heteroatoms. The van der Waals surface area contributed by atoms with Gasteiger partial charge in [-0.1, -0.05) is 81.8 Å². The van der Waals surface area contributed by atoms with E-state index in [1.807, 2.05) is 75.6 Å². The third-order valence-electron chi connectivity index (χ3n) is 21.3. The van der Waals surface area contributed by atoms with E-state index in [0.29, 0.717) is 93.4 Å². The number of rotatable bonds is 14. The number of benzene rings is 2. The van der Waals surface area contributed by atoms with Gasteiger partial charge in [-0.25, -0.2) is 4.39 Å². The average molecular weight is 1200 g/mol. The zero-order chi connectivity index (χ0) is 60.1. The molecule has 8 atom stereocenters. The predicted octanol–water partition coefficient (Wildman–Crippen LogP) is 10.5. The number of nitrogens with zero attached hydrogens (tertiary/aromatic N) is 4. The maximum atomic E-state index is 14.2. The summed E-state index contributed by atoms with van der Waals surface area (Å²) in [4.78, 5) is 91.8. The smallest absolute Gasteiger partial charge is 0.245 e. The first kappa shape index (κ1) is 66.4. The number of hydrogen-bond donors (Lipinski definition) is 4. The Balaban J connectivity index is 0.000000219. The molecule has 0 radical (unpaired) electrons. The minimum absolute atomic E-state index is 0. The second-order valence-electron chi connectivity index (χ2n) is 29.4. The Hall–Kier alpha value is -4.60. The van der Waals surface area contributed by atoms with Gasteiger partial charge in [0.2, 0.25) is 35.4 Å². The first-order chi connectivity index (χ1) is 39.9. The Morgan fingerprint density at radius 3 is 1.22 bits per heavy atom. The zero-order valence-corrected chi connectivity index (χ0v) is 52.9. The topological polar surface area (TPSA) is 164 Å². The lowest BCUT2D eigenvalue weighted by Crippen LogP contribution is -2.60. The summed E-state index contributed by atoms with van der Waals surface area (Å²) >= 11 is 6.14. The molecule has 14 nitrogen and oxygen atoms in total. The highest BCUT2D eigenvalue weighted by atomic mass is 35.5. The van der Waals surface area contributed by atoms with Crippen LogP contribution >= 0.6 is 11.6 Å². The molecule has 4 N–H and O–H groups in total. The van der Waals surface area contributed by atoms with Crippen LogP contribution in [-0.4, -0.2) is 144 Å². The second kappa shape index (κ2) is 28.3. The van der Waals surface area contributed by atoms with E-state index in [4.69, 9.17) is 11.6 Å². The van der Waals surface area contributed by atoms with Crippen LogP contribution in [0, 0.1) is 52.2 Å². The highest BCUT2D eigenvalue weighted by Crippen LogP contribution is 2.49. The molecule has 85 heavy (non-hydrogen) atoms. The molecule has 0 spiro atoms. The van der Waals surface area contributed by atoms with Crippen LogP contribution in [-0.2, 0) is 41.6 Å². The summed E-state index contributed by atoms with van der Waals surface area (Å²) in [6.07, 6.45) is 20.9. The van der Waals surface area contributed by atoms with Crippen molar-refractivity contribution in [3.8, 4) is 0 Å². The second-order valence-corrected chi connectivity index (χ2v) is 29.8. The van der Waals surface area contributed by atoms with E-state index >= 15 is 0 Å². The number of carbonyl (C=O) groups is 6. The fourth-order valence-electron chi connectivity index (χ4n) is 16.8. The lowest BCUT2D eigenvalue weighted by Gasteiger charge is -2.48. The fourth-order valence-corrected chi connectivity index (χ4v) is 16.9. The average Bonchev–Trinajstić information content (AvgIpc) is 3.63. The number of piperidine rings is 6. The van der Waals surface area contributed by atoms with E-state index in [0.717, 1.165) is 94.8 Å².